The summed E-state index contributed by atoms with van der Waals surface area (Å²) in [6.07, 6.45) is 0. The summed E-state index contributed by atoms with van der Waals surface area (Å²) in [5, 5.41) is 12.2. The Morgan fingerprint density at radius 3 is 2.42 bits per heavy atom. The van der Waals surface area contributed by atoms with Crippen molar-refractivity contribution in [3.05, 3.63) is 76.6 Å². The van der Waals surface area contributed by atoms with Crippen molar-refractivity contribution < 1.29 is 4.79 Å². The zero-order chi connectivity index (χ0) is 18.4. The first-order valence-electron chi connectivity index (χ1n) is 7.77. The number of aromatic nitrogens is 2. The summed E-state index contributed by atoms with van der Waals surface area (Å²) in [7, 11) is 0. The Morgan fingerprint density at radius 2 is 1.77 bits per heavy atom. The maximum absolute atomic E-state index is 12.2. The molecule has 0 radical (unpaired) electrons. The average Bonchev–Trinajstić information content (AvgIpc) is 2.67. The van der Waals surface area contributed by atoms with E-state index in [0.717, 1.165) is 17.4 Å². The number of carbonyl (C=O) groups is 1. The fraction of sp³-hybridized carbons (Fsp3) is 0.0526. The van der Waals surface area contributed by atoms with E-state index in [1.807, 2.05) is 42.5 Å². The number of hydrogen-bond donors (Lipinski definition) is 2. The predicted molar refractivity (Wildman–Crippen MR) is 101 cm³/mol. The zero-order valence-corrected chi connectivity index (χ0v) is 14.4. The molecule has 0 aliphatic heterocycles. The lowest BCUT2D eigenvalue weighted by atomic mass is 10.1. The standard InChI is InChI=1S/C19H14N4O2S/c20-11-15-17(13-7-3-1-4-8-13)22-19(23-18(15)25)26-16(24)12-21-14-9-5-2-6-10-14/h1-10,21H,12H2,(H,22,23,25). The van der Waals surface area contributed by atoms with E-state index in [0.29, 0.717) is 5.56 Å². The van der Waals surface area contributed by atoms with Crippen LogP contribution >= 0.6 is 11.8 Å². The molecule has 0 bridgehead atoms. The first-order chi connectivity index (χ1) is 12.7. The first-order valence-corrected chi connectivity index (χ1v) is 8.58. The molecule has 6 nitrogen and oxygen atoms in total. The van der Waals surface area contributed by atoms with Crippen LogP contribution in [-0.4, -0.2) is 21.6 Å². The van der Waals surface area contributed by atoms with Gasteiger partial charge in [-0.05, 0) is 23.9 Å². The second-order valence-corrected chi connectivity index (χ2v) is 6.31. The van der Waals surface area contributed by atoms with Crippen LogP contribution in [0.2, 0.25) is 0 Å². The van der Waals surface area contributed by atoms with Gasteiger partial charge in [-0.1, -0.05) is 48.5 Å². The molecule has 3 aromatic rings. The van der Waals surface area contributed by atoms with E-state index in [1.54, 1.807) is 24.3 Å². The molecule has 0 unspecified atom stereocenters. The van der Waals surface area contributed by atoms with Crippen LogP contribution in [0.4, 0.5) is 5.69 Å². The number of nitriles is 1. The third-order valence-corrected chi connectivity index (χ3v) is 4.24. The van der Waals surface area contributed by atoms with Crippen LogP contribution in [-0.2, 0) is 4.79 Å². The summed E-state index contributed by atoms with van der Waals surface area (Å²) in [5.74, 6) is 0. The maximum Gasteiger partial charge on any atom is 0.270 e. The van der Waals surface area contributed by atoms with E-state index < -0.39 is 5.56 Å². The second-order valence-electron chi connectivity index (χ2n) is 5.27. The van der Waals surface area contributed by atoms with Gasteiger partial charge in [0.1, 0.15) is 11.6 Å². The second kappa shape index (κ2) is 8.14. The number of anilines is 1. The molecule has 0 saturated carbocycles. The third kappa shape index (κ3) is 4.18. The number of nitrogens with one attached hydrogen (secondary N) is 2. The Hall–Kier alpha value is -3.37. The van der Waals surface area contributed by atoms with Crippen LogP contribution in [0.25, 0.3) is 11.3 Å². The molecule has 0 atom stereocenters. The normalized spacial score (nSPS) is 10.1. The topological polar surface area (TPSA) is 98.6 Å². The molecule has 1 heterocycles. The van der Waals surface area contributed by atoms with E-state index in [4.69, 9.17) is 0 Å². The molecule has 0 fully saturated rings. The molecule has 0 aliphatic carbocycles. The number of H-pyrrole nitrogens is 1. The summed E-state index contributed by atoms with van der Waals surface area (Å²) >= 11 is 0.828. The van der Waals surface area contributed by atoms with Gasteiger partial charge in [-0.25, -0.2) is 4.98 Å². The number of carbonyl (C=O) groups excluding carboxylic acids is 1. The van der Waals surface area contributed by atoms with Crippen LogP contribution in [0.15, 0.2) is 70.6 Å². The number of hydrogen-bond acceptors (Lipinski definition) is 6. The fourth-order valence-corrected chi connectivity index (χ4v) is 2.92. The molecule has 0 aliphatic rings. The molecule has 26 heavy (non-hydrogen) atoms. The van der Waals surface area contributed by atoms with Crippen molar-refractivity contribution in [1.82, 2.24) is 9.97 Å². The summed E-state index contributed by atoms with van der Waals surface area (Å²) < 4.78 is 0. The SMILES string of the molecule is N#Cc1c(-c2ccccc2)nc(SC(=O)CNc2ccccc2)[nH]c1=O. The molecule has 1 aromatic heterocycles. The van der Waals surface area contributed by atoms with Crippen LogP contribution in [0.5, 0.6) is 0 Å². The number of rotatable bonds is 5. The van der Waals surface area contributed by atoms with Crippen molar-refractivity contribution >= 4 is 22.6 Å². The van der Waals surface area contributed by atoms with Gasteiger partial charge in [0.25, 0.3) is 5.56 Å². The lowest BCUT2D eigenvalue weighted by Crippen LogP contribution is -2.17. The molecule has 2 aromatic carbocycles. The molecule has 0 amide bonds. The number of aromatic amines is 1. The highest BCUT2D eigenvalue weighted by atomic mass is 32.2. The molecular weight excluding hydrogens is 348 g/mol. The van der Waals surface area contributed by atoms with E-state index >= 15 is 0 Å². The molecule has 0 saturated heterocycles. The molecule has 7 heteroatoms. The Kier molecular flexibility index (Phi) is 5.46. The van der Waals surface area contributed by atoms with Gasteiger partial charge in [0.15, 0.2) is 5.16 Å². The third-order valence-electron chi connectivity index (χ3n) is 3.48. The van der Waals surface area contributed by atoms with Gasteiger partial charge in [0.2, 0.25) is 5.12 Å². The maximum atomic E-state index is 12.2. The minimum atomic E-state index is -0.562. The van der Waals surface area contributed by atoms with E-state index in [2.05, 4.69) is 15.3 Å². The Labute approximate surface area is 153 Å². The van der Waals surface area contributed by atoms with Gasteiger partial charge in [0.05, 0.1) is 12.2 Å². The van der Waals surface area contributed by atoms with Gasteiger partial charge in [-0.2, -0.15) is 5.26 Å². The van der Waals surface area contributed by atoms with Crippen molar-refractivity contribution in [1.29, 1.82) is 5.26 Å². The number of para-hydroxylation sites is 1. The van der Waals surface area contributed by atoms with Crippen LogP contribution in [0.3, 0.4) is 0 Å². The largest absolute Gasteiger partial charge is 0.377 e. The van der Waals surface area contributed by atoms with E-state index in [-0.39, 0.29) is 28.1 Å². The summed E-state index contributed by atoms with van der Waals surface area (Å²) in [5.41, 5.74) is 1.10. The number of benzene rings is 2. The van der Waals surface area contributed by atoms with Crippen LogP contribution < -0.4 is 10.9 Å². The fourth-order valence-electron chi connectivity index (χ4n) is 2.28. The van der Waals surface area contributed by atoms with Gasteiger partial charge in [-0.3, -0.25) is 14.6 Å². The summed E-state index contributed by atoms with van der Waals surface area (Å²) in [6.45, 7) is 0.0824. The molecular formula is C19H14N4O2S. The summed E-state index contributed by atoms with van der Waals surface area (Å²) in [6, 6.07) is 20.1. The van der Waals surface area contributed by atoms with Gasteiger partial charge in [0, 0.05) is 11.3 Å². The molecule has 128 valence electrons. The minimum Gasteiger partial charge on any atom is -0.377 e. The Balaban J connectivity index is 1.80. The monoisotopic (exact) mass is 362 g/mol. The van der Waals surface area contributed by atoms with Crippen LogP contribution in [0, 0.1) is 11.3 Å². The Bertz CT molecular complexity index is 1010. The number of thioether (sulfide) groups is 1. The molecule has 2 N–H and O–H groups in total. The summed E-state index contributed by atoms with van der Waals surface area (Å²) in [4.78, 5) is 31.1. The average molecular weight is 362 g/mol. The van der Waals surface area contributed by atoms with Crippen LogP contribution in [0.1, 0.15) is 5.56 Å². The zero-order valence-electron chi connectivity index (χ0n) is 13.6. The van der Waals surface area contributed by atoms with E-state index in [1.165, 1.54) is 0 Å². The first kappa shape index (κ1) is 17.5. The lowest BCUT2D eigenvalue weighted by molar-refractivity contribution is -0.109. The van der Waals surface area contributed by atoms with E-state index in [9.17, 15) is 14.9 Å². The lowest BCUT2D eigenvalue weighted by Gasteiger charge is -2.07. The van der Waals surface area contributed by atoms with Crippen molar-refractivity contribution in [2.75, 3.05) is 11.9 Å². The quantitative estimate of drug-likeness (QED) is 0.535. The smallest absolute Gasteiger partial charge is 0.270 e. The predicted octanol–water partition coefficient (Wildman–Crippen LogP) is 3.04. The highest BCUT2D eigenvalue weighted by Crippen LogP contribution is 2.22. The minimum absolute atomic E-state index is 0.0737. The van der Waals surface area contributed by atoms with Gasteiger partial charge < -0.3 is 5.32 Å². The highest BCUT2D eigenvalue weighted by Gasteiger charge is 2.15. The number of nitrogens with zero attached hydrogens (tertiary/aromatic N) is 2. The molecule has 0 spiro atoms. The van der Waals surface area contributed by atoms with Crippen molar-refractivity contribution in [2.24, 2.45) is 0 Å². The van der Waals surface area contributed by atoms with Crippen molar-refractivity contribution in [3.8, 4) is 17.3 Å². The van der Waals surface area contributed by atoms with Crippen molar-refractivity contribution in [2.45, 2.75) is 5.16 Å². The van der Waals surface area contributed by atoms with Gasteiger partial charge in [-0.15, -0.1) is 0 Å². The van der Waals surface area contributed by atoms with Gasteiger partial charge >= 0.3 is 0 Å². The molecule has 3 rings (SSSR count). The Morgan fingerprint density at radius 1 is 1.12 bits per heavy atom. The highest BCUT2D eigenvalue weighted by molar-refractivity contribution is 8.13. The van der Waals surface area contributed by atoms with Crippen molar-refractivity contribution in [3.63, 3.8) is 0 Å².